The highest BCUT2D eigenvalue weighted by atomic mass is 15.3. The summed E-state index contributed by atoms with van der Waals surface area (Å²) >= 11 is 0. The lowest BCUT2D eigenvalue weighted by atomic mass is 10.00. The van der Waals surface area contributed by atoms with Crippen LogP contribution < -0.4 is 5.32 Å². The highest BCUT2D eigenvalue weighted by Gasteiger charge is 2.07. The van der Waals surface area contributed by atoms with Gasteiger partial charge < -0.3 is 5.32 Å². The molecule has 1 aromatic heterocycles. The Balaban J connectivity index is 2.25. The van der Waals surface area contributed by atoms with Crippen LogP contribution in [0.4, 0.5) is 0 Å². The zero-order valence-corrected chi connectivity index (χ0v) is 12.8. The minimum Gasteiger partial charge on any atom is -0.313 e. The molecule has 1 heterocycles. The Morgan fingerprint density at radius 3 is 2.80 bits per heavy atom. The fourth-order valence-electron chi connectivity index (χ4n) is 2.37. The zero-order chi connectivity index (χ0) is 14.4. The van der Waals surface area contributed by atoms with Crippen LogP contribution in [0.25, 0.3) is 11.1 Å². The molecule has 0 saturated carbocycles. The van der Waals surface area contributed by atoms with Gasteiger partial charge >= 0.3 is 0 Å². The molecule has 0 atom stereocenters. The van der Waals surface area contributed by atoms with Crippen LogP contribution in [0.5, 0.6) is 0 Å². The second-order valence-corrected chi connectivity index (χ2v) is 5.33. The lowest BCUT2D eigenvalue weighted by Crippen LogP contribution is -2.14. The van der Waals surface area contributed by atoms with Gasteiger partial charge in [-0.2, -0.15) is 5.10 Å². The van der Waals surface area contributed by atoms with Gasteiger partial charge in [-0.15, -0.1) is 0 Å². The Hall–Kier alpha value is -1.61. The van der Waals surface area contributed by atoms with Crippen LogP contribution in [0.2, 0.25) is 0 Å². The van der Waals surface area contributed by atoms with E-state index in [2.05, 4.69) is 55.6 Å². The van der Waals surface area contributed by atoms with Crippen molar-refractivity contribution in [3.8, 4) is 11.1 Å². The van der Waals surface area contributed by atoms with Gasteiger partial charge in [-0.25, -0.2) is 0 Å². The van der Waals surface area contributed by atoms with Crippen molar-refractivity contribution in [1.29, 1.82) is 0 Å². The maximum Gasteiger partial charge on any atom is 0.0568 e. The summed E-state index contributed by atoms with van der Waals surface area (Å²) in [7, 11) is 0. The molecule has 2 rings (SSSR count). The Morgan fingerprint density at radius 2 is 2.05 bits per heavy atom. The number of rotatable bonds is 7. The number of aromatic nitrogens is 2. The topological polar surface area (TPSA) is 29.9 Å². The first kappa shape index (κ1) is 14.8. The third-order valence-electron chi connectivity index (χ3n) is 3.40. The molecule has 20 heavy (non-hydrogen) atoms. The third kappa shape index (κ3) is 3.70. The van der Waals surface area contributed by atoms with E-state index in [1.54, 1.807) is 0 Å². The van der Waals surface area contributed by atoms with Gasteiger partial charge in [0.05, 0.1) is 6.20 Å². The number of hydrogen-bond acceptors (Lipinski definition) is 2. The molecule has 2 aromatic rings. The molecular formula is C17H25N3. The maximum atomic E-state index is 4.45. The summed E-state index contributed by atoms with van der Waals surface area (Å²) in [6.07, 6.45) is 6.41. The van der Waals surface area contributed by atoms with Crippen molar-refractivity contribution in [1.82, 2.24) is 15.1 Å². The summed E-state index contributed by atoms with van der Waals surface area (Å²) in [5.74, 6) is 0. The van der Waals surface area contributed by atoms with Gasteiger partial charge in [0.1, 0.15) is 0 Å². The molecule has 108 valence electrons. The summed E-state index contributed by atoms with van der Waals surface area (Å²) < 4.78 is 2.03. The van der Waals surface area contributed by atoms with Crippen LogP contribution in [0.3, 0.4) is 0 Å². The molecule has 3 heteroatoms. The van der Waals surface area contributed by atoms with Crippen molar-refractivity contribution in [3.63, 3.8) is 0 Å². The first-order chi connectivity index (χ1) is 9.74. The summed E-state index contributed by atoms with van der Waals surface area (Å²) in [5.41, 5.74) is 5.16. The molecule has 0 radical (unpaired) electrons. The minimum atomic E-state index is 0.919. The normalized spacial score (nSPS) is 10.9. The SMILES string of the molecule is CCCNCc1ccc(C)cc1-c1cnn(CCC)c1. The molecule has 0 fully saturated rings. The molecule has 0 aliphatic carbocycles. The monoisotopic (exact) mass is 271 g/mol. The van der Waals surface area contributed by atoms with E-state index < -0.39 is 0 Å². The van der Waals surface area contributed by atoms with Crippen molar-refractivity contribution >= 4 is 0 Å². The fraction of sp³-hybridized carbons (Fsp3) is 0.471. The van der Waals surface area contributed by atoms with E-state index in [1.165, 1.54) is 22.3 Å². The summed E-state index contributed by atoms with van der Waals surface area (Å²) in [6.45, 7) is 9.47. The van der Waals surface area contributed by atoms with Gasteiger partial charge in [0, 0.05) is 24.8 Å². The van der Waals surface area contributed by atoms with E-state index >= 15 is 0 Å². The average molecular weight is 271 g/mol. The summed E-state index contributed by atoms with van der Waals surface area (Å²) in [4.78, 5) is 0. The second-order valence-electron chi connectivity index (χ2n) is 5.33. The van der Waals surface area contributed by atoms with Gasteiger partial charge in [0.15, 0.2) is 0 Å². The van der Waals surface area contributed by atoms with Crippen LogP contribution in [0.1, 0.15) is 37.8 Å². The van der Waals surface area contributed by atoms with Gasteiger partial charge in [-0.3, -0.25) is 4.68 Å². The molecule has 0 saturated heterocycles. The highest BCUT2D eigenvalue weighted by molar-refractivity contribution is 5.66. The van der Waals surface area contributed by atoms with Gasteiger partial charge in [-0.05, 0) is 37.4 Å². The molecule has 1 aromatic carbocycles. The fourth-order valence-corrected chi connectivity index (χ4v) is 2.37. The Kier molecular flexibility index (Phi) is 5.36. The van der Waals surface area contributed by atoms with Crippen LogP contribution in [-0.4, -0.2) is 16.3 Å². The van der Waals surface area contributed by atoms with Crippen molar-refractivity contribution in [2.45, 2.75) is 46.7 Å². The van der Waals surface area contributed by atoms with Crippen LogP contribution in [-0.2, 0) is 13.1 Å². The van der Waals surface area contributed by atoms with Gasteiger partial charge in [0.25, 0.3) is 0 Å². The van der Waals surface area contributed by atoms with Crippen molar-refractivity contribution < 1.29 is 0 Å². The number of nitrogens with zero attached hydrogens (tertiary/aromatic N) is 2. The van der Waals surface area contributed by atoms with Crippen molar-refractivity contribution in [2.24, 2.45) is 0 Å². The number of nitrogens with one attached hydrogen (secondary N) is 1. The zero-order valence-electron chi connectivity index (χ0n) is 12.8. The molecule has 0 unspecified atom stereocenters. The van der Waals surface area contributed by atoms with Crippen LogP contribution in [0, 0.1) is 6.92 Å². The van der Waals surface area contributed by atoms with E-state index in [9.17, 15) is 0 Å². The van der Waals surface area contributed by atoms with Crippen LogP contribution in [0.15, 0.2) is 30.6 Å². The predicted octanol–water partition coefficient (Wildman–Crippen LogP) is 3.77. The molecular weight excluding hydrogens is 246 g/mol. The first-order valence-corrected chi connectivity index (χ1v) is 7.57. The van der Waals surface area contributed by atoms with Crippen molar-refractivity contribution in [2.75, 3.05) is 6.54 Å². The lowest BCUT2D eigenvalue weighted by molar-refractivity contribution is 0.603. The predicted molar refractivity (Wildman–Crippen MR) is 84.7 cm³/mol. The Morgan fingerprint density at radius 1 is 1.20 bits per heavy atom. The summed E-state index contributed by atoms with van der Waals surface area (Å²) in [5, 5.41) is 7.93. The lowest BCUT2D eigenvalue weighted by Gasteiger charge is -2.10. The van der Waals surface area contributed by atoms with E-state index in [0.717, 1.165) is 32.5 Å². The van der Waals surface area contributed by atoms with E-state index in [-0.39, 0.29) is 0 Å². The molecule has 0 aliphatic heterocycles. The van der Waals surface area contributed by atoms with E-state index in [4.69, 9.17) is 0 Å². The Bertz CT molecular complexity index is 543. The molecule has 0 aliphatic rings. The Labute approximate surface area is 122 Å². The molecule has 0 amide bonds. The van der Waals surface area contributed by atoms with E-state index in [1.807, 2.05) is 10.9 Å². The van der Waals surface area contributed by atoms with E-state index in [0.29, 0.717) is 0 Å². The van der Waals surface area contributed by atoms with Crippen LogP contribution >= 0.6 is 0 Å². The quantitative estimate of drug-likeness (QED) is 0.777. The average Bonchev–Trinajstić information content (AvgIpc) is 2.89. The first-order valence-electron chi connectivity index (χ1n) is 7.57. The third-order valence-corrected chi connectivity index (χ3v) is 3.40. The summed E-state index contributed by atoms with van der Waals surface area (Å²) in [6, 6.07) is 6.67. The highest BCUT2D eigenvalue weighted by Crippen LogP contribution is 2.24. The van der Waals surface area contributed by atoms with Gasteiger partial charge in [0.2, 0.25) is 0 Å². The molecule has 0 spiro atoms. The smallest absolute Gasteiger partial charge is 0.0568 e. The number of hydrogen-bond donors (Lipinski definition) is 1. The standard InChI is InChI=1S/C17H25N3/c1-4-8-18-11-15-7-6-14(3)10-17(15)16-12-19-20(13-16)9-5-2/h6-7,10,12-13,18H,4-5,8-9,11H2,1-3H3. The minimum absolute atomic E-state index is 0.919. The number of benzene rings is 1. The van der Waals surface area contributed by atoms with Crippen molar-refractivity contribution in [3.05, 3.63) is 41.7 Å². The molecule has 0 bridgehead atoms. The molecule has 3 nitrogen and oxygen atoms in total. The maximum absolute atomic E-state index is 4.45. The largest absolute Gasteiger partial charge is 0.313 e. The molecule has 1 N–H and O–H groups in total. The number of aryl methyl sites for hydroxylation is 2. The second kappa shape index (κ2) is 7.25. The van der Waals surface area contributed by atoms with Gasteiger partial charge in [-0.1, -0.05) is 37.6 Å².